The van der Waals surface area contributed by atoms with E-state index in [1.54, 1.807) is 0 Å². The number of rotatable bonds is 19. The highest BCUT2D eigenvalue weighted by molar-refractivity contribution is 8.13. The van der Waals surface area contributed by atoms with Crippen molar-refractivity contribution in [2.75, 3.05) is 5.75 Å². The number of thioether (sulfide) groups is 1. The zero-order valence-corrected chi connectivity index (χ0v) is 17.5. The third-order valence-corrected chi connectivity index (χ3v) is 5.69. The molecular formula is C22H41NOS. The Kier molecular flexibility index (Phi) is 21.1. The Hall–Kier alpha value is -0.490. The van der Waals surface area contributed by atoms with Crippen LogP contribution in [0.4, 0.5) is 0 Å². The summed E-state index contributed by atoms with van der Waals surface area (Å²) >= 11 is 1.33. The summed E-state index contributed by atoms with van der Waals surface area (Å²) in [5.41, 5.74) is 0. The fraction of sp³-hybridized carbons (Fsp3) is 0.909. The fourth-order valence-corrected chi connectivity index (χ4v) is 3.87. The van der Waals surface area contributed by atoms with Gasteiger partial charge < -0.3 is 0 Å². The second-order valence-electron chi connectivity index (χ2n) is 7.21. The fourth-order valence-electron chi connectivity index (χ4n) is 3.13. The van der Waals surface area contributed by atoms with Crippen LogP contribution in [0.2, 0.25) is 0 Å². The summed E-state index contributed by atoms with van der Waals surface area (Å²) < 4.78 is 0. The predicted octanol–water partition coefficient (Wildman–Crippen LogP) is 7.81. The molecule has 0 atom stereocenters. The summed E-state index contributed by atoms with van der Waals surface area (Å²) in [5, 5.41) is 8.43. The van der Waals surface area contributed by atoms with Gasteiger partial charge in [-0.15, -0.1) is 0 Å². The molecule has 0 bridgehead atoms. The van der Waals surface area contributed by atoms with Gasteiger partial charge in [0.25, 0.3) is 0 Å². The molecule has 0 saturated heterocycles. The molecule has 0 aliphatic heterocycles. The van der Waals surface area contributed by atoms with Crippen LogP contribution in [0, 0.1) is 11.3 Å². The number of nitriles is 1. The summed E-state index contributed by atoms with van der Waals surface area (Å²) in [6, 6.07) is 1.91. The number of carbonyl (C=O) groups is 1. The van der Waals surface area contributed by atoms with Crippen LogP contribution in [-0.4, -0.2) is 10.9 Å². The molecule has 0 unspecified atom stereocenters. The first kappa shape index (κ1) is 24.5. The van der Waals surface area contributed by atoms with Crippen LogP contribution in [0.25, 0.3) is 0 Å². The predicted molar refractivity (Wildman–Crippen MR) is 112 cm³/mol. The highest BCUT2D eigenvalue weighted by Gasteiger charge is 2.00. The first-order valence-electron chi connectivity index (χ1n) is 10.8. The monoisotopic (exact) mass is 367 g/mol. The van der Waals surface area contributed by atoms with Gasteiger partial charge in [0.1, 0.15) is 6.42 Å². The second kappa shape index (κ2) is 21.6. The molecule has 3 heteroatoms. The largest absolute Gasteiger partial charge is 0.286 e. The number of carbonyl (C=O) groups excluding carboxylic acids is 1. The van der Waals surface area contributed by atoms with E-state index in [0.717, 1.165) is 12.2 Å². The minimum Gasteiger partial charge on any atom is -0.286 e. The Labute approximate surface area is 161 Å². The van der Waals surface area contributed by atoms with Crippen LogP contribution in [-0.2, 0) is 4.79 Å². The lowest BCUT2D eigenvalue weighted by atomic mass is 10.0. The molecule has 2 nitrogen and oxygen atoms in total. The Bertz CT molecular complexity index is 324. The van der Waals surface area contributed by atoms with Crippen LogP contribution in [0.15, 0.2) is 0 Å². The van der Waals surface area contributed by atoms with Gasteiger partial charge in [0.2, 0.25) is 5.12 Å². The molecule has 0 aromatic heterocycles. The van der Waals surface area contributed by atoms with Gasteiger partial charge in [0.15, 0.2) is 0 Å². The standard InChI is InChI=1S/C22H41NOS/c1-2-3-4-5-6-7-8-9-10-11-12-13-14-15-16-17-18-21-25-22(24)19-20-23/h2-19,21H2,1H3. The van der Waals surface area contributed by atoms with Crippen molar-refractivity contribution in [3.63, 3.8) is 0 Å². The maximum atomic E-state index is 11.2. The topological polar surface area (TPSA) is 40.9 Å². The van der Waals surface area contributed by atoms with Crippen molar-refractivity contribution in [3.8, 4) is 6.07 Å². The lowest BCUT2D eigenvalue weighted by Gasteiger charge is -2.03. The van der Waals surface area contributed by atoms with E-state index in [0.29, 0.717) is 0 Å². The highest BCUT2D eigenvalue weighted by Crippen LogP contribution is 2.15. The van der Waals surface area contributed by atoms with E-state index >= 15 is 0 Å². The Morgan fingerprint density at radius 3 is 1.40 bits per heavy atom. The molecule has 0 saturated carbocycles. The zero-order valence-electron chi connectivity index (χ0n) is 16.7. The van der Waals surface area contributed by atoms with E-state index in [1.165, 1.54) is 114 Å². The first-order chi connectivity index (χ1) is 12.3. The third kappa shape index (κ3) is 21.5. The van der Waals surface area contributed by atoms with Gasteiger partial charge in [-0.05, 0) is 6.42 Å². The first-order valence-corrected chi connectivity index (χ1v) is 11.8. The normalized spacial score (nSPS) is 10.7. The molecule has 0 aliphatic rings. The van der Waals surface area contributed by atoms with Crippen molar-refractivity contribution in [1.82, 2.24) is 0 Å². The summed E-state index contributed by atoms with van der Waals surface area (Å²) in [6.07, 6.45) is 23.5. The van der Waals surface area contributed by atoms with Gasteiger partial charge in [-0.1, -0.05) is 121 Å². The smallest absolute Gasteiger partial charge is 0.202 e. The van der Waals surface area contributed by atoms with E-state index in [4.69, 9.17) is 5.26 Å². The molecule has 0 N–H and O–H groups in total. The molecule has 0 amide bonds. The van der Waals surface area contributed by atoms with Gasteiger partial charge in [0.05, 0.1) is 6.07 Å². The average Bonchev–Trinajstić information content (AvgIpc) is 2.61. The maximum absolute atomic E-state index is 11.2. The molecule has 0 fully saturated rings. The summed E-state index contributed by atoms with van der Waals surface area (Å²) in [5.74, 6) is 0.888. The Morgan fingerprint density at radius 2 is 1.04 bits per heavy atom. The van der Waals surface area contributed by atoms with Crippen molar-refractivity contribution in [2.45, 2.75) is 122 Å². The third-order valence-electron chi connectivity index (χ3n) is 4.73. The van der Waals surface area contributed by atoms with E-state index in [2.05, 4.69) is 6.92 Å². The van der Waals surface area contributed by atoms with Crippen molar-refractivity contribution < 1.29 is 4.79 Å². The summed E-state index contributed by atoms with van der Waals surface area (Å²) in [4.78, 5) is 11.2. The molecule has 146 valence electrons. The molecule has 0 rings (SSSR count). The average molecular weight is 368 g/mol. The SMILES string of the molecule is CCCCCCCCCCCCCCCCCCCSC(=O)CC#N. The Balaban J connectivity index is 3.03. The van der Waals surface area contributed by atoms with Gasteiger partial charge in [-0.25, -0.2) is 0 Å². The second-order valence-corrected chi connectivity index (χ2v) is 8.36. The van der Waals surface area contributed by atoms with Crippen LogP contribution in [0.1, 0.15) is 122 Å². The van der Waals surface area contributed by atoms with Crippen molar-refractivity contribution in [2.24, 2.45) is 0 Å². The van der Waals surface area contributed by atoms with Gasteiger partial charge in [-0.2, -0.15) is 5.26 Å². The molecule has 25 heavy (non-hydrogen) atoms. The maximum Gasteiger partial charge on any atom is 0.202 e. The van der Waals surface area contributed by atoms with Gasteiger partial charge >= 0.3 is 0 Å². The quantitative estimate of drug-likeness (QED) is 0.218. The number of hydrogen-bond acceptors (Lipinski definition) is 3. The summed E-state index contributed by atoms with van der Waals surface area (Å²) in [6.45, 7) is 2.28. The molecule has 0 heterocycles. The molecule has 0 aromatic rings. The van der Waals surface area contributed by atoms with Crippen LogP contribution < -0.4 is 0 Å². The lowest BCUT2D eigenvalue weighted by Crippen LogP contribution is -1.91. The zero-order chi connectivity index (χ0) is 18.4. The van der Waals surface area contributed by atoms with E-state index in [9.17, 15) is 4.79 Å². The van der Waals surface area contributed by atoms with E-state index in [1.807, 2.05) is 6.07 Å². The molecular weight excluding hydrogens is 326 g/mol. The van der Waals surface area contributed by atoms with Crippen molar-refractivity contribution >= 4 is 16.9 Å². The van der Waals surface area contributed by atoms with Crippen molar-refractivity contribution in [1.29, 1.82) is 5.26 Å². The van der Waals surface area contributed by atoms with Crippen molar-refractivity contribution in [3.05, 3.63) is 0 Å². The van der Waals surface area contributed by atoms with Crippen LogP contribution in [0.3, 0.4) is 0 Å². The lowest BCUT2D eigenvalue weighted by molar-refractivity contribution is -0.110. The van der Waals surface area contributed by atoms with Gasteiger partial charge in [-0.3, -0.25) is 4.79 Å². The highest BCUT2D eigenvalue weighted by atomic mass is 32.2. The minimum absolute atomic E-state index is 0.0268. The van der Waals surface area contributed by atoms with E-state index < -0.39 is 0 Å². The summed E-state index contributed by atoms with van der Waals surface area (Å²) in [7, 11) is 0. The molecule has 0 radical (unpaired) electrons. The van der Waals surface area contributed by atoms with Crippen LogP contribution >= 0.6 is 11.8 Å². The number of nitrogens with zero attached hydrogens (tertiary/aromatic N) is 1. The van der Waals surface area contributed by atoms with Crippen LogP contribution in [0.5, 0.6) is 0 Å². The van der Waals surface area contributed by atoms with Gasteiger partial charge in [0, 0.05) is 5.75 Å². The number of unbranched alkanes of at least 4 members (excludes halogenated alkanes) is 16. The number of hydrogen-bond donors (Lipinski definition) is 0. The molecule has 0 aromatic carbocycles. The molecule has 0 spiro atoms. The Morgan fingerprint density at radius 1 is 0.680 bits per heavy atom. The molecule has 0 aliphatic carbocycles. The minimum atomic E-state index is 0.0268. The van der Waals surface area contributed by atoms with E-state index in [-0.39, 0.29) is 11.5 Å².